The highest BCUT2D eigenvalue weighted by atomic mass is 32.2. The molecule has 1 aliphatic heterocycles. The highest BCUT2D eigenvalue weighted by molar-refractivity contribution is 7.91. The number of benzene rings is 1. The molecular formula is C15H16FN3O5S. The van der Waals surface area contributed by atoms with Crippen molar-refractivity contribution in [1.82, 2.24) is 14.5 Å². The van der Waals surface area contributed by atoms with Gasteiger partial charge in [0.05, 0.1) is 22.5 Å². The molecule has 1 N–H and O–H groups in total. The molecule has 1 unspecified atom stereocenters. The van der Waals surface area contributed by atoms with Gasteiger partial charge < -0.3 is 9.88 Å². The standard InChI is InChI=1S/C15H16FN3O5S/c1-18(10-4-5-25(23,24)8-10)13(20)7-19-12-3-2-9(16)6-11(12)17-14(21)15(19)22/h2-3,6,10H,4-5,7-8H2,1H3,(H,17,21). The number of rotatable bonds is 3. The van der Waals surface area contributed by atoms with Gasteiger partial charge >= 0.3 is 11.1 Å². The van der Waals surface area contributed by atoms with Gasteiger partial charge in [-0.25, -0.2) is 12.8 Å². The lowest BCUT2D eigenvalue weighted by Gasteiger charge is -2.24. The number of H-pyrrole nitrogens is 1. The number of hydrogen-bond donors (Lipinski definition) is 1. The van der Waals surface area contributed by atoms with Gasteiger partial charge in [0.25, 0.3) is 0 Å². The average molecular weight is 369 g/mol. The van der Waals surface area contributed by atoms with Crippen LogP contribution >= 0.6 is 0 Å². The van der Waals surface area contributed by atoms with Gasteiger partial charge in [-0.2, -0.15) is 0 Å². The zero-order valence-electron chi connectivity index (χ0n) is 13.4. The fourth-order valence-electron chi connectivity index (χ4n) is 2.94. The zero-order valence-corrected chi connectivity index (χ0v) is 14.2. The van der Waals surface area contributed by atoms with Crippen LogP contribution in [0.15, 0.2) is 27.8 Å². The zero-order chi connectivity index (χ0) is 18.4. The van der Waals surface area contributed by atoms with Crippen LogP contribution in [0.5, 0.6) is 0 Å². The second-order valence-electron chi connectivity index (χ2n) is 6.07. The van der Waals surface area contributed by atoms with Crippen molar-refractivity contribution in [3.8, 4) is 0 Å². The topological polar surface area (TPSA) is 109 Å². The predicted octanol–water partition coefficient (Wildman–Crippen LogP) is -0.526. The predicted molar refractivity (Wildman–Crippen MR) is 88.6 cm³/mol. The van der Waals surface area contributed by atoms with Crippen molar-refractivity contribution in [2.24, 2.45) is 0 Å². The largest absolute Gasteiger partial charge is 0.340 e. The Balaban J connectivity index is 1.95. The molecule has 0 saturated carbocycles. The molecule has 0 radical (unpaired) electrons. The van der Waals surface area contributed by atoms with Gasteiger partial charge in [0.1, 0.15) is 12.4 Å². The van der Waals surface area contributed by atoms with Gasteiger partial charge in [0.2, 0.25) is 5.91 Å². The van der Waals surface area contributed by atoms with Gasteiger partial charge in [-0.3, -0.25) is 19.0 Å². The molecule has 1 aliphatic rings. The second kappa shape index (κ2) is 6.10. The van der Waals surface area contributed by atoms with E-state index in [9.17, 15) is 27.2 Å². The van der Waals surface area contributed by atoms with E-state index in [2.05, 4.69) is 4.98 Å². The summed E-state index contributed by atoms with van der Waals surface area (Å²) in [6.07, 6.45) is 0.334. The molecule has 25 heavy (non-hydrogen) atoms. The molecule has 0 bridgehead atoms. The molecule has 2 aromatic rings. The Morgan fingerprint density at radius 1 is 1.40 bits per heavy atom. The summed E-state index contributed by atoms with van der Waals surface area (Å²) in [6, 6.07) is 3.02. The number of sulfone groups is 1. The van der Waals surface area contributed by atoms with Crippen molar-refractivity contribution >= 4 is 26.8 Å². The number of aromatic nitrogens is 2. The first kappa shape index (κ1) is 17.3. The number of nitrogens with zero attached hydrogens (tertiary/aromatic N) is 2. The third-order valence-corrected chi connectivity index (χ3v) is 6.13. The number of hydrogen-bond acceptors (Lipinski definition) is 5. The smallest absolute Gasteiger partial charge is 0.317 e. The van der Waals surface area contributed by atoms with Crippen molar-refractivity contribution in [3.05, 3.63) is 44.7 Å². The molecule has 0 aliphatic carbocycles. The lowest BCUT2D eigenvalue weighted by Crippen LogP contribution is -2.44. The molecule has 3 rings (SSSR count). The molecule has 1 atom stereocenters. The van der Waals surface area contributed by atoms with Crippen molar-refractivity contribution < 1.29 is 17.6 Å². The molecule has 1 amide bonds. The van der Waals surface area contributed by atoms with E-state index in [0.717, 1.165) is 16.7 Å². The average Bonchev–Trinajstić information content (AvgIpc) is 2.90. The van der Waals surface area contributed by atoms with Crippen molar-refractivity contribution in [2.45, 2.75) is 19.0 Å². The number of fused-ring (bicyclic) bond motifs is 1. The van der Waals surface area contributed by atoms with Crippen LogP contribution < -0.4 is 11.1 Å². The maximum absolute atomic E-state index is 13.3. The summed E-state index contributed by atoms with van der Waals surface area (Å²) in [4.78, 5) is 39.9. The number of carbonyl (C=O) groups is 1. The molecule has 134 valence electrons. The van der Waals surface area contributed by atoms with Gasteiger partial charge in [0.15, 0.2) is 9.84 Å². The van der Waals surface area contributed by atoms with Crippen LogP contribution in [0.25, 0.3) is 11.0 Å². The van der Waals surface area contributed by atoms with Crippen molar-refractivity contribution in [1.29, 1.82) is 0 Å². The van der Waals surface area contributed by atoms with Crippen LogP contribution in [0.4, 0.5) is 4.39 Å². The fraction of sp³-hybridized carbons (Fsp3) is 0.400. The van der Waals surface area contributed by atoms with E-state index in [1.54, 1.807) is 0 Å². The van der Waals surface area contributed by atoms with Gasteiger partial charge in [0, 0.05) is 13.1 Å². The van der Waals surface area contributed by atoms with E-state index in [1.807, 2.05) is 0 Å². The Kier molecular flexibility index (Phi) is 4.23. The fourth-order valence-corrected chi connectivity index (χ4v) is 4.71. The van der Waals surface area contributed by atoms with E-state index < -0.39 is 45.3 Å². The minimum absolute atomic E-state index is 0.0163. The first-order valence-electron chi connectivity index (χ1n) is 7.56. The summed E-state index contributed by atoms with van der Waals surface area (Å²) in [6.45, 7) is -0.433. The number of halogens is 1. The van der Waals surface area contributed by atoms with Crippen LogP contribution in [0.1, 0.15) is 6.42 Å². The maximum atomic E-state index is 13.3. The highest BCUT2D eigenvalue weighted by Crippen LogP contribution is 2.17. The van der Waals surface area contributed by atoms with Gasteiger partial charge in [-0.15, -0.1) is 0 Å². The molecular weight excluding hydrogens is 353 g/mol. The molecule has 10 heteroatoms. The second-order valence-corrected chi connectivity index (χ2v) is 8.30. The van der Waals surface area contributed by atoms with E-state index in [0.29, 0.717) is 6.42 Å². The maximum Gasteiger partial charge on any atom is 0.317 e. The first-order chi connectivity index (χ1) is 11.7. The SMILES string of the molecule is CN(C(=O)Cn1c(=O)c(=O)[nH]c2cc(F)ccc21)C1CCS(=O)(=O)C1. The van der Waals surface area contributed by atoms with Crippen molar-refractivity contribution in [2.75, 3.05) is 18.6 Å². The Morgan fingerprint density at radius 2 is 2.12 bits per heavy atom. The quantitative estimate of drug-likeness (QED) is 0.732. The number of aromatic amines is 1. The summed E-state index contributed by atoms with van der Waals surface area (Å²) >= 11 is 0. The normalized spacial score (nSPS) is 19.2. The Labute approximate surface area is 141 Å². The third-order valence-electron chi connectivity index (χ3n) is 4.38. The van der Waals surface area contributed by atoms with Crippen LogP contribution in [0.3, 0.4) is 0 Å². The van der Waals surface area contributed by atoms with Crippen LogP contribution in [0.2, 0.25) is 0 Å². The number of carbonyl (C=O) groups excluding carboxylic acids is 1. The Hall–Kier alpha value is -2.49. The molecule has 8 nitrogen and oxygen atoms in total. The molecule has 1 fully saturated rings. The van der Waals surface area contributed by atoms with E-state index >= 15 is 0 Å². The van der Waals surface area contributed by atoms with Crippen molar-refractivity contribution in [3.63, 3.8) is 0 Å². The Bertz CT molecular complexity index is 1070. The van der Waals surface area contributed by atoms with E-state index in [1.165, 1.54) is 18.0 Å². The lowest BCUT2D eigenvalue weighted by atomic mass is 10.2. The minimum Gasteiger partial charge on any atom is -0.340 e. The molecule has 1 aromatic carbocycles. The van der Waals surface area contributed by atoms with E-state index in [4.69, 9.17) is 0 Å². The monoisotopic (exact) mass is 369 g/mol. The summed E-state index contributed by atoms with van der Waals surface area (Å²) in [5.41, 5.74) is -1.58. The minimum atomic E-state index is -3.16. The van der Waals surface area contributed by atoms with Crippen LogP contribution in [-0.4, -0.2) is 53.4 Å². The molecule has 0 spiro atoms. The van der Waals surface area contributed by atoms with Crippen LogP contribution in [-0.2, 0) is 21.2 Å². The number of amides is 1. The molecule has 2 heterocycles. The summed E-state index contributed by atoms with van der Waals surface area (Å²) in [7, 11) is -1.69. The number of likely N-dealkylation sites (N-methyl/N-ethyl adjacent to an activating group) is 1. The summed E-state index contributed by atoms with van der Waals surface area (Å²) in [5, 5.41) is 0. The first-order valence-corrected chi connectivity index (χ1v) is 9.38. The molecule has 1 saturated heterocycles. The number of nitrogens with one attached hydrogen (secondary N) is 1. The molecule has 1 aromatic heterocycles. The lowest BCUT2D eigenvalue weighted by molar-refractivity contribution is -0.132. The Morgan fingerprint density at radius 3 is 2.76 bits per heavy atom. The highest BCUT2D eigenvalue weighted by Gasteiger charge is 2.32. The summed E-state index contributed by atoms with van der Waals surface area (Å²) < 4.78 is 37.4. The summed E-state index contributed by atoms with van der Waals surface area (Å²) in [5.74, 6) is -1.19. The third kappa shape index (κ3) is 3.34. The van der Waals surface area contributed by atoms with Crippen LogP contribution in [0, 0.1) is 5.82 Å². The van der Waals surface area contributed by atoms with E-state index in [-0.39, 0.29) is 22.5 Å². The van der Waals surface area contributed by atoms with Gasteiger partial charge in [-0.1, -0.05) is 0 Å². The van der Waals surface area contributed by atoms with Gasteiger partial charge in [-0.05, 0) is 24.6 Å².